The fourth-order valence-corrected chi connectivity index (χ4v) is 3.15. The predicted molar refractivity (Wildman–Crippen MR) is 86.0 cm³/mol. The lowest BCUT2D eigenvalue weighted by molar-refractivity contribution is 0.128. The van der Waals surface area contributed by atoms with Gasteiger partial charge in [-0.05, 0) is 58.5 Å². The largest absolute Gasteiger partial charge is 0.323 e. The molecular weight excluding hydrogens is 246 g/mol. The van der Waals surface area contributed by atoms with Gasteiger partial charge in [0.15, 0.2) is 0 Å². The van der Waals surface area contributed by atoms with Crippen LogP contribution in [-0.4, -0.2) is 49.6 Å². The third-order valence-corrected chi connectivity index (χ3v) is 4.50. The van der Waals surface area contributed by atoms with Crippen LogP contribution in [0.25, 0.3) is 0 Å². The zero-order valence-electron chi connectivity index (χ0n) is 13.4. The Bertz CT molecular complexity index is 442. The fraction of sp³-hybridized carbons (Fsp3) is 0.647. The number of hydrogen-bond donors (Lipinski definition) is 1. The Balaban J connectivity index is 2.00. The molecule has 1 aromatic carbocycles. The third-order valence-electron chi connectivity index (χ3n) is 4.50. The number of benzene rings is 1. The lowest BCUT2D eigenvalue weighted by atomic mass is 9.97. The van der Waals surface area contributed by atoms with Crippen molar-refractivity contribution < 1.29 is 0 Å². The van der Waals surface area contributed by atoms with Crippen molar-refractivity contribution in [2.24, 2.45) is 5.73 Å². The number of nitrogens with zero attached hydrogens (tertiary/aromatic N) is 2. The van der Waals surface area contributed by atoms with Gasteiger partial charge in [-0.2, -0.15) is 0 Å². The molecule has 2 rings (SSSR count). The van der Waals surface area contributed by atoms with Crippen molar-refractivity contribution in [2.45, 2.75) is 38.8 Å². The van der Waals surface area contributed by atoms with Crippen molar-refractivity contribution in [3.63, 3.8) is 0 Å². The molecule has 0 aromatic heterocycles. The Morgan fingerprint density at radius 2 is 2.10 bits per heavy atom. The molecule has 1 aliphatic heterocycles. The van der Waals surface area contributed by atoms with E-state index in [4.69, 9.17) is 5.73 Å². The monoisotopic (exact) mass is 275 g/mol. The van der Waals surface area contributed by atoms with Crippen LogP contribution in [0.1, 0.15) is 35.6 Å². The highest BCUT2D eigenvalue weighted by atomic mass is 15.2. The standard InChI is InChI=1S/C17H29N3/c1-13-7-8-14(2)16(10-13)17(18)12-20-9-5-6-15(11-20)19(3)4/h7-8,10,15,17H,5-6,9,11-12,18H2,1-4H3. The SMILES string of the molecule is Cc1ccc(C)c(C(N)CN2CCCC(N(C)C)C2)c1. The van der Waals surface area contributed by atoms with Crippen molar-refractivity contribution in [3.8, 4) is 0 Å². The van der Waals surface area contributed by atoms with E-state index in [2.05, 4.69) is 55.9 Å². The molecular formula is C17H29N3. The third kappa shape index (κ3) is 3.81. The summed E-state index contributed by atoms with van der Waals surface area (Å²) in [5, 5.41) is 0. The first-order chi connectivity index (χ1) is 9.47. The molecule has 0 bridgehead atoms. The topological polar surface area (TPSA) is 32.5 Å². The predicted octanol–water partition coefficient (Wildman–Crippen LogP) is 2.33. The van der Waals surface area contributed by atoms with E-state index in [1.165, 1.54) is 36.1 Å². The zero-order valence-corrected chi connectivity index (χ0v) is 13.4. The van der Waals surface area contributed by atoms with Gasteiger partial charge in [0.1, 0.15) is 0 Å². The molecule has 1 heterocycles. The Morgan fingerprint density at radius 3 is 2.80 bits per heavy atom. The van der Waals surface area contributed by atoms with Crippen molar-refractivity contribution in [1.82, 2.24) is 9.80 Å². The molecule has 112 valence electrons. The van der Waals surface area contributed by atoms with Crippen molar-refractivity contribution >= 4 is 0 Å². The van der Waals surface area contributed by atoms with Crippen LogP contribution in [0.15, 0.2) is 18.2 Å². The molecule has 1 aromatic rings. The van der Waals surface area contributed by atoms with Gasteiger partial charge in [0.05, 0.1) is 0 Å². The molecule has 0 spiro atoms. The van der Waals surface area contributed by atoms with Gasteiger partial charge in [-0.15, -0.1) is 0 Å². The van der Waals surface area contributed by atoms with Crippen LogP contribution >= 0.6 is 0 Å². The Morgan fingerprint density at radius 1 is 1.35 bits per heavy atom. The minimum absolute atomic E-state index is 0.121. The second kappa shape index (κ2) is 6.70. The molecule has 1 aliphatic rings. The van der Waals surface area contributed by atoms with Crippen LogP contribution in [0, 0.1) is 13.8 Å². The van der Waals surface area contributed by atoms with Crippen LogP contribution in [0.5, 0.6) is 0 Å². The number of likely N-dealkylation sites (N-methyl/N-ethyl adjacent to an activating group) is 1. The maximum absolute atomic E-state index is 6.46. The van der Waals surface area contributed by atoms with E-state index >= 15 is 0 Å². The van der Waals surface area contributed by atoms with Crippen LogP contribution in [0.2, 0.25) is 0 Å². The highest BCUT2D eigenvalue weighted by Gasteiger charge is 2.23. The average Bonchev–Trinajstić information content (AvgIpc) is 2.41. The summed E-state index contributed by atoms with van der Waals surface area (Å²) in [5.41, 5.74) is 10.4. The lowest BCUT2D eigenvalue weighted by Crippen LogP contribution is -2.47. The zero-order chi connectivity index (χ0) is 14.7. The van der Waals surface area contributed by atoms with Gasteiger partial charge in [-0.25, -0.2) is 0 Å². The van der Waals surface area contributed by atoms with Crippen LogP contribution < -0.4 is 5.73 Å². The highest BCUT2D eigenvalue weighted by Crippen LogP contribution is 2.21. The summed E-state index contributed by atoms with van der Waals surface area (Å²) in [6, 6.07) is 7.39. The van der Waals surface area contributed by atoms with E-state index in [0.717, 1.165) is 13.1 Å². The summed E-state index contributed by atoms with van der Waals surface area (Å²) in [4.78, 5) is 4.87. The number of aryl methyl sites for hydroxylation is 2. The normalized spacial score (nSPS) is 22.2. The molecule has 3 nitrogen and oxygen atoms in total. The van der Waals surface area contributed by atoms with Crippen molar-refractivity contribution in [3.05, 3.63) is 34.9 Å². The van der Waals surface area contributed by atoms with Gasteiger partial charge in [0.2, 0.25) is 0 Å². The molecule has 0 radical (unpaired) electrons. The summed E-state index contributed by atoms with van der Waals surface area (Å²) >= 11 is 0. The minimum atomic E-state index is 0.121. The van der Waals surface area contributed by atoms with Crippen LogP contribution in [0.4, 0.5) is 0 Å². The summed E-state index contributed by atoms with van der Waals surface area (Å²) < 4.78 is 0. The quantitative estimate of drug-likeness (QED) is 0.915. The lowest BCUT2D eigenvalue weighted by Gasteiger charge is -2.37. The maximum atomic E-state index is 6.46. The second-order valence-corrected chi connectivity index (χ2v) is 6.49. The number of likely N-dealkylation sites (tertiary alicyclic amines) is 1. The van der Waals surface area contributed by atoms with Crippen LogP contribution in [-0.2, 0) is 0 Å². The van der Waals surface area contributed by atoms with Gasteiger partial charge in [0.25, 0.3) is 0 Å². The average molecular weight is 275 g/mol. The first kappa shape index (κ1) is 15.5. The van der Waals surface area contributed by atoms with Gasteiger partial charge in [-0.1, -0.05) is 23.8 Å². The Labute approximate surface area is 123 Å². The van der Waals surface area contributed by atoms with Gasteiger partial charge < -0.3 is 10.6 Å². The van der Waals surface area contributed by atoms with Gasteiger partial charge >= 0.3 is 0 Å². The highest BCUT2D eigenvalue weighted by molar-refractivity contribution is 5.33. The molecule has 1 saturated heterocycles. The molecule has 2 unspecified atom stereocenters. The second-order valence-electron chi connectivity index (χ2n) is 6.49. The van der Waals surface area contributed by atoms with Gasteiger partial charge in [-0.3, -0.25) is 4.90 Å². The molecule has 0 aliphatic carbocycles. The maximum Gasteiger partial charge on any atom is 0.0427 e. The fourth-order valence-electron chi connectivity index (χ4n) is 3.15. The van der Waals surface area contributed by atoms with Crippen LogP contribution in [0.3, 0.4) is 0 Å². The van der Waals surface area contributed by atoms with Crippen molar-refractivity contribution in [2.75, 3.05) is 33.7 Å². The summed E-state index contributed by atoms with van der Waals surface area (Å²) in [6.07, 6.45) is 2.59. The van der Waals surface area contributed by atoms with E-state index in [0.29, 0.717) is 6.04 Å². The number of piperidine rings is 1. The summed E-state index contributed by atoms with van der Waals surface area (Å²) in [7, 11) is 4.36. The summed E-state index contributed by atoms with van der Waals surface area (Å²) in [6.45, 7) is 7.59. The van der Waals surface area contributed by atoms with E-state index < -0.39 is 0 Å². The molecule has 3 heteroatoms. The number of rotatable bonds is 4. The number of hydrogen-bond acceptors (Lipinski definition) is 3. The molecule has 2 N–H and O–H groups in total. The number of nitrogens with two attached hydrogens (primary N) is 1. The molecule has 2 atom stereocenters. The molecule has 1 fully saturated rings. The first-order valence-electron chi connectivity index (χ1n) is 7.69. The Hall–Kier alpha value is -0.900. The van der Waals surface area contributed by atoms with E-state index in [9.17, 15) is 0 Å². The molecule has 0 amide bonds. The van der Waals surface area contributed by atoms with E-state index in [1.54, 1.807) is 0 Å². The van der Waals surface area contributed by atoms with E-state index in [1.807, 2.05) is 0 Å². The summed E-state index contributed by atoms with van der Waals surface area (Å²) in [5.74, 6) is 0. The first-order valence-corrected chi connectivity index (χ1v) is 7.69. The molecule has 20 heavy (non-hydrogen) atoms. The van der Waals surface area contributed by atoms with E-state index in [-0.39, 0.29) is 6.04 Å². The minimum Gasteiger partial charge on any atom is -0.323 e. The van der Waals surface area contributed by atoms with Gasteiger partial charge in [0, 0.05) is 25.2 Å². The Kier molecular flexibility index (Phi) is 5.19. The molecule has 0 saturated carbocycles. The smallest absolute Gasteiger partial charge is 0.0427 e. The van der Waals surface area contributed by atoms with Crippen molar-refractivity contribution in [1.29, 1.82) is 0 Å².